The zero-order valence-corrected chi connectivity index (χ0v) is 18.8. The second-order valence-corrected chi connectivity index (χ2v) is 9.26. The summed E-state index contributed by atoms with van der Waals surface area (Å²) in [6.07, 6.45) is 2.67. The molecule has 0 bridgehead atoms. The van der Waals surface area contributed by atoms with Crippen molar-refractivity contribution in [1.82, 2.24) is 4.90 Å². The van der Waals surface area contributed by atoms with Crippen LogP contribution in [0.3, 0.4) is 0 Å². The monoisotopic (exact) mass is 432 g/mol. The Morgan fingerprint density at radius 2 is 1.97 bits per heavy atom. The van der Waals surface area contributed by atoms with Gasteiger partial charge in [0, 0.05) is 19.2 Å². The molecular formula is C23H32N2O6. The minimum absolute atomic E-state index is 0.107. The summed E-state index contributed by atoms with van der Waals surface area (Å²) < 4.78 is 23.4. The fraction of sp³-hybridized carbons (Fsp3) is 0.652. The summed E-state index contributed by atoms with van der Waals surface area (Å²) in [5, 5.41) is 0. The van der Waals surface area contributed by atoms with Crippen LogP contribution in [0.1, 0.15) is 63.2 Å². The zero-order valence-electron chi connectivity index (χ0n) is 18.8. The van der Waals surface area contributed by atoms with Crippen LogP contribution in [0.2, 0.25) is 0 Å². The third kappa shape index (κ3) is 4.50. The molecule has 3 heterocycles. The molecule has 3 aliphatic heterocycles. The minimum Gasteiger partial charge on any atom is -0.497 e. The number of carbonyl (C=O) groups excluding carboxylic acids is 2. The lowest BCUT2D eigenvalue weighted by Crippen LogP contribution is -2.54. The Bertz CT molecular complexity index is 830. The normalized spacial score (nSPS) is 26.2. The van der Waals surface area contributed by atoms with Crippen molar-refractivity contribution in [1.29, 1.82) is 0 Å². The number of nitrogens with zero attached hydrogens (tertiary/aromatic N) is 2. The maximum atomic E-state index is 13.5. The predicted molar refractivity (Wildman–Crippen MR) is 114 cm³/mol. The molecule has 0 aliphatic carbocycles. The summed E-state index contributed by atoms with van der Waals surface area (Å²) in [6, 6.07) is 4.88. The second-order valence-electron chi connectivity index (χ2n) is 9.26. The van der Waals surface area contributed by atoms with Crippen LogP contribution in [0.25, 0.3) is 0 Å². The number of methoxy groups -OCH3 is 1. The maximum Gasteiger partial charge on any atom is 0.417 e. The van der Waals surface area contributed by atoms with Gasteiger partial charge in [-0.1, -0.05) is 0 Å². The Morgan fingerprint density at radius 1 is 1.16 bits per heavy atom. The highest BCUT2D eigenvalue weighted by Crippen LogP contribution is 2.39. The zero-order chi connectivity index (χ0) is 22.2. The van der Waals surface area contributed by atoms with E-state index in [1.165, 1.54) is 4.90 Å². The summed E-state index contributed by atoms with van der Waals surface area (Å²) in [5.74, 6) is 0.444. The molecule has 1 aromatic rings. The highest BCUT2D eigenvalue weighted by molar-refractivity contribution is 6.05. The quantitative estimate of drug-likeness (QED) is 0.720. The van der Waals surface area contributed by atoms with Crippen LogP contribution in [-0.2, 0) is 14.2 Å². The molecule has 1 unspecified atom stereocenters. The van der Waals surface area contributed by atoms with Crippen LogP contribution in [0.5, 0.6) is 5.75 Å². The molecule has 2 fully saturated rings. The van der Waals surface area contributed by atoms with E-state index >= 15 is 0 Å². The molecule has 0 spiro atoms. The lowest BCUT2D eigenvalue weighted by molar-refractivity contribution is -0.195. The molecule has 0 radical (unpaired) electrons. The molecule has 8 heteroatoms. The summed E-state index contributed by atoms with van der Waals surface area (Å²) in [5.41, 5.74) is 0.177. The first-order chi connectivity index (χ1) is 14.8. The van der Waals surface area contributed by atoms with E-state index in [1.807, 2.05) is 25.7 Å². The van der Waals surface area contributed by atoms with E-state index in [0.717, 1.165) is 32.1 Å². The SMILES string of the molecule is COc1ccc2c(c1)N(C(=O)OC(C)(C)C)[C@@H](OC1CCCCO1)[C@@H]1CCCN1C2=O. The first-order valence-corrected chi connectivity index (χ1v) is 11.1. The van der Waals surface area contributed by atoms with Gasteiger partial charge in [0.15, 0.2) is 12.5 Å². The first kappa shape index (κ1) is 21.9. The topological polar surface area (TPSA) is 77.5 Å². The van der Waals surface area contributed by atoms with Crippen molar-refractivity contribution >= 4 is 17.7 Å². The fourth-order valence-corrected chi connectivity index (χ4v) is 4.46. The third-order valence-corrected chi connectivity index (χ3v) is 5.86. The molecule has 31 heavy (non-hydrogen) atoms. The number of hydrogen-bond acceptors (Lipinski definition) is 6. The number of fused-ring (bicyclic) bond motifs is 2. The van der Waals surface area contributed by atoms with E-state index in [4.69, 9.17) is 18.9 Å². The molecule has 0 N–H and O–H groups in total. The summed E-state index contributed by atoms with van der Waals surface area (Å²) in [6.45, 7) is 6.72. The van der Waals surface area contributed by atoms with E-state index in [2.05, 4.69) is 0 Å². The van der Waals surface area contributed by atoms with Crippen LogP contribution in [0.15, 0.2) is 18.2 Å². The van der Waals surface area contributed by atoms with Gasteiger partial charge in [0.05, 0.1) is 24.4 Å². The molecule has 1 aromatic carbocycles. The van der Waals surface area contributed by atoms with Gasteiger partial charge in [-0.15, -0.1) is 0 Å². The fourth-order valence-electron chi connectivity index (χ4n) is 4.46. The smallest absolute Gasteiger partial charge is 0.417 e. The third-order valence-electron chi connectivity index (χ3n) is 5.86. The maximum absolute atomic E-state index is 13.5. The van der Waals surface area contributed by atoms with Gasteiger partial charge in [-0.05, 0) is 65.0 Å². The van der Waals surface area contributed by atoms with Crippen molar-refractivity contribution in [2.75, 3.05) is 25.2 Å². The molecule has 2 saturated heterocycles. The van der Waals surface area contributed by atoms with Gasteiger partial charge >= 0.3 is 6.09 Å². The van der Waals surface area contributed by atoms with E-state index in [-0.39, 0.29) is 11.9 Å². The van der Waals surface area contributed by atoms with Crippen molar-refractivity contribution in [2.24, 2.45) is 0 Å². The molecule has 170 valence electrons. The van der Waals surface area contributed by atoms with Crippen LogP contribution in [0.4, 0.5) is 10.5 Å². The van der Waals surface area contributed by atoms with Gasteiger partial charge in [0.2, 0.25) is 0 Å². The Morgan fingerprint density at radius 3 is 2.65 bits per heavy atom. The van der Waals surface area contributed by atoms with Crippen LogP contribution in [0, 0.1) is 0 Å². The minimum atomic E-state index is -0.710. The highest BCUT2D eigenvalue weighted by Gasteiger charge is 2.47. The standard InChI is InChI=1S/C23H32N2O6/c1-23(2,3)31-22(27)25-18-14-15(28-4)10-11-16(18)20(26)24-12-7-8-17(24)21(25)30-19-9-5-6-13-29-19/h10-11,14,17,19,21H,5-9,12-13H2,1-4H3/t17-,19?,21-/m0/s1. The van der Waals surface area contributed by atoms with Gasteiger partial charge in [-0.3, -0.25) is 4.79 Å². The number of carbonyl (C=O) groups is 2. The van der Waals surface area contributed by atoms with E-state index in [0.29, 0.717) is 30.2 Å². The van der Waals surface area contributed by atoms with E-state index < -0.39 is 24.2 Å². The Balaban J connectivity index is 1.81. The van der Waals surface area contributed by atoms with Crippen molar-refractivity contribution < 1.29 is 28.5 Å². The van der Waals surface area contributed by atoms with Crippen LogP contribution < -0.4 is 9.64 Å². The van der Waals surface area contributed by atoms with Gasteiger partial charge in [-0.2, -0.15) is 0 Å². The van der Waals surface area contributed by atoms with Crippen molar-refractivity contribution in [2.45, 2.75) is 77.0 Å². The average molecular weight is 433 g/mol. The lowest BCUT2D eigenvalue weighted by Gasteiger charge is -2.39. The number of amides is 2. The molecule has 3 aliphatic rings. The molecular weight excluding hydrogens is 400 g/mol. The molecule has 2 amide bonds. The van der Waals surface area contributed by atoms with E-state index in [9.17, 15) is 9.59 Å². The van der Waals surface area contributed by atoms with Gasteiger partial charge in [0.1, 0.15) is 11.4 Å². The lowest BCUT2D eigenvalue weighted by atomic mass is 10.1. The number of ether oxygens (including phenoxy) is 4. The molecule has 0 saturated carbocycles. The largest absolute Gasteiger partial charge is 0.497 e. The Hall–Kier alpha value is -2.32. The number of rotatable bonds is 3. The summed E-state index contributed by atoms with van der Waals surface area (Å²) in [4.78, 5) is 30.2. The summed E-state index contributed by atoms with van der Waals surface area (Å²) in [7, 11) is 1.56. The number of anilines is 1. The van der Waals surface area contributed by atoms with Gasteiger partial charge < -0.3 is 23.8 Å². The average Bonchev–Trinajstić information content (AvgIpc) is 3.19. The van der Waals surface area contributed by atoms with Gasteiger partial charge in [-0.25, -0.2) is 9.69 Å². The van der Waals surface area contributed by atoms with Crippen LogP contribution in [-0.4, -0.2) is 61.3 Å². The predicted octanol–water partition coefficient (Wildman–Crippen LogP) is 3.92. The highest BCUT2D eigenvalue weighted by atomic mass is 16.7. The van der Waals surface area contributed by atoms with Crippen molar-refractivity contribution in [3.63, 3.8) is 0 Å². The number of hydrogen-bond donors (Lipinski definition) is 0. The van der Waals surface area contributed by atoms with Crippen molar-refractivity contribution in [3.05, 3.63) is 23.8 Å². The van der Waals surface area contributed by atoms with Crippen molar-refractivity contribution in [3.8, 4) is 5.75 Å². The summed E-state index contributed by atoms with van der Waals surface area (Å²) >= 11 is 0. The van der Waals surface area contributed by atoms with Crippen LogP contribution >= 0.6 is 0 Å². The molecule has 4 rings (SSSR count). The number of benzene rings is 1. The van der Waals surface area contributed by atoms with Gasteiger partial charge in [0.25, 0.3) is 5.91 Å². The molecule has 3 atom stereocenters. The van der Waals surface area contributed by atoms with E-state index in [1.54, 1.807) is 25.3 Å². The molecule has 8 nitrogen and oxygen atoms in total. The second kappa shape index (κ2) is 8.67. The Labute approximate surface area is 183 Å². The molecule has 0 aromatic heterocycles. The Kier molecular flexibility index (Phi) is 6.12. The first-order valence-electron chi connectivity index (χ1n) is 11.1.